The summed E-state index contributed by atoms with van der Waals surface area (Å²) in [5.41, 5.74) is 4.11. The summed E-state index contributed by atoms with van der Waals surface area (Å²) < 4.78 is 26.9. The molecule has 0 radical (unpaired) electrons. The topological polar surface area (TPSA) is 86.7 Å². The Hall–Kier alpha value is -1.44. The molecule has 1 aliphatic heterocycles. The number of hydrogen-bond acceptors (Lipinski definition) is 4. The second-order valence-corrected chi connectivity index (χ2v) is 9.15. The van der Waals surface area contributed by atoms with Crippen molar-refractivity contribution in [3.63, 3.8) is 0 Å². The van der Waals surface area contributed by atoms with E-state index >= 15 is 0 Å². The van der Waals surface area contributed by atoms with Crippen LogP contribution in [0.4, 0.5) is 0 Å². The fourth-order valence-electron chi connectivity index (χ4n) is 3.48. The van der Waals surface area contributed by atoms with Crippen molar-refractivity contribution in [1.82, 2.24) is 9.79 Å². The van der Waals surface area contributed by atoms with E-state index in [4.69, 9.17) is 5.21 Å². The van der Waals surface area contributed by atoms with Crippen molar-refractivity contribution in [2.75, 3.05) is 18.8 Å². The molecule has 0 saturated carbocycles. The van der Waals surface area contributed by atoms with Crippen molar-refractivity contribution in [3.05, 3.63) is 35.4 Å². The van der Waals surface area contributed by atoms with Crippen molar-refractivity contribution in [2.24, 2.45) is 11.8 Å². The molecule has 140 valence electrons. The van der Waals surface area contributed by atoms with Gasteiger partial charge in [-0.2, -0.15) is 0 Å². The highest BCUT2D eigenvalue weighted by Crippen LogP contribution is 2.31. The van der Waals surface area contributed by atoms with E-state index in [9.17, 15) is 13.2 Å². The number of aryl methyl sites for hydroxylation is 1. The van der Waals surface area contributed by atoms with E-state index in [0.29, 0.717) is 19.0 Å². The van der Waals surface area contributed by atoms with Crippen molar-refractivity contribution in [2.45, 2.75) is 39.5 Å². The SMILES string of the molecule is Cc1ccccc1C1CCN(S(=O)(=O)C[C@@H](C(=O)NO)C(C)C)CC1. The maximum atomic E-state index is 12.7. The number of hydroxylamine groups is 1. The first-order valence-corrected chi connectivity index (χ1v) is 10.3. The maximum absolute atomic E-state index is 12.7. The lowest BCUT2D eigenvalue weighted by Gasteiger charge is -2.33. The zero-order valence-electron chi connectivity index (χ0n) is 15.1. The van der Waals surface area contributed by atoms with Crippen LogP contribution in [0.15, 0.2) is 24.3 Å². The number of rotatable bonds is 6. The van der Waals surface area contributed by atoms with Crippen LogP contribution in [0.2, 0.25) is 0 Å². The summed E-state index contributed by atoms with van der Waals surface area (Å²) in [4.78, 5) is 11.7. The van der Waals surface area contributed by atoms with Crippen molar-refractivity contribution >= 4 is 15.9 Å². The molecule has 1 aromatic carbocycles. The van der Waals surface area contributed by atoms with Gasteiger partial charge < -0.3 is 0 Å². The predicted molar refractivity (Wildman–Crippen MR) is 96.8 cm³/mol. The van der Waals surface area contributed by atoms with E-state index in [0.717, 1.165) is 12.8 Å². The maximum Gasteiger partial charge on any atom is 0.247 e. The molecule has 1 aliphatic rings. The average Bonchev–Trinajstić information content (AvgIpc) is 2.59. The number of benzene rings is 1. The molecule has 1 saturated heterocycles. The van der Waals surface area contributed by atoms with E-state index in [-0.39, 0.29) is 11.7 Å². The van der Waals surface area contributed by atoms with Gasteiger partial charge in [0.25, 0.3) is 0 Å². The smallest absolute Gasteiger partial charge is 0.247 e. The molecule has 2 rings (SSSR count). The van der Waals surface area contributed by atoms with Gasteiger partial charge >= 0.3 is 0 Å². The molecule has 6 nitrogen and oxygen atoms in total. The Bertz CT molecular complexity index is 695. The second-order valence-electron chi connectivity index (χ2n) is 7.14. The van der Waals surface area contributed by atoms with Crippen molar-refractivity contribution in [1.29, 1.82) is 0 Å². The number of nitrogens with zero attached hydrogens (tertiary/aromatic N) is 1. The summed E-state index contributed by atoms with van der Waals surface area (Å²) in [5.74, 6) is -1.48. The molecule has 2 N–H and O–H groups in total. The number of carbonyl (C=O) groups is 1. The molecule has 1 amide bonds. The average molecular weight is 368 g/mol. The molecule has 7 heteroatoms. The van der Waals surface area contributed by atoms with E-state index in [1.165, 1.54) is 15.4 Å². The first-order valence-electron chi connectivity index (χ1n) is 8.73. The highest BCUT2D eigenvalue weighted by atomic mass is 32.2. The molecule has 0 spiro atoms. The molecule has 1 aromatic rings. The number of amides is 1. The molecule has 25 heavy (non-hydrogen) atoms. The van der Waals surface area contributed by atoms with Gasteiger partial charge in [-0.3, -0.25) is 10.0 Å². The van der Waals surface area contributed by atoms with Crippen LogP contribution in [0, 0.1) is 18.8 Å². The van der Waals surface area contributed by atoms with Gasteiger partial charge in [0, 0.05) is 13.1 Å². The summed E-state index contributed by atoms with van der Waals surface area (Å²) in [6.07, 6.45) is 1.56. The minimum Gasteiger partial charge on any atom is -0.289 e. The van der Waals surface area contributed by atoms with Crippen LogP contribution in [0.3, 0.4) is 0 Å². The highest BCUT2D eigenvalue weighted by Gasteiger charge is 2.34. The Labute approximate surface area is 150 Å². The third-order valence-electron chi connectivity index (χ3n) is 5.12. The fraction of sp³-hybridized carbons (Fsp3) is 0.611. The Morgan fingerprint density at radius 2 is 1.88 bits per heavy atom. The van der Waals surface area contributed by atoms with Gasteiger partial charge in [0.05, 0.1) is 11.7 Å². The van der Waals surface area contributed by atoms with E-state index in [1.54, 1.807) is 19.3 Å². The molecular formula is C18H28N2O4S. The third kappa shape index (κ3) is 4.80. The van der Waals surface area contributed by atoms with Gasteiger partial charge in [0.2, 0.25) is 15.9 Å². The van der Waals surface area contributed by atoms with Gasteiger partial charge in [0.1, 0.15) is 0 Å². The molecule has 0 bridgehead atoms. The number of nitrogens with one attached hydrogen (secondary N) is 1. The summed E-state index contributed by atoms with van der Waals surface area (Å²) >= 11 is 0. The van der Waals surface area contributed by atoms with Crippen molar-refractivity contribution < 1.29 is 18.4 Å². The summed E-state index contributed by atoms with van der Waals surface area (Å²) in [5, 5.41) is 8.84. The molecule has 1 fully saturated rings. The van der Waals surface area contributed by atoms with Crippen LogP contribution >= 0.6 is 0 Å². The van der Waals surface area contributed by atoms with Crippen molar-refractivity contribution in [3.8, 4) is 0 Å². The Balaban J connectivity index is 2.03. The first-order chi connectivity index (χ1) is 11.8. The van der Waals surface area contributed by atoms with Crippen LogP contribution in [-0.2, 0) is 14.8 Å². The van der Waals surface area contributed by atoms with Crippen LogP contribution in [0.5, 0.6) is 0 Å². The Morgan fingerprint density at radius 3 is 2.40 bits per heavy atom. The molecule has 1 atom stereocenters. The number of sulfonamides is 1. The molecule has 1 heterocycles. The number of hydrogen-bond donors (Lipinski definition) is 2. The Morgan fingerprint density at radius 1 is 1.28 bits per heavy atom. The number of carbonyl (C=O) groups excluding carboxylic acids is 1. The largest absolute Gasteiger partial charge is 0.289 e. The summed E-state index contributed by atoms with van der Waals surface area (Å²) in [6.45, 7) is 6.57. The fourth-order valence-corrected chi connectivity index (χ4v) is 5.44. The molecule has 0 aliphatic carbocycles. The number of piperidine rings is 1. The third-order valence-corrected chi connectivity index (χ3v) is 7.05. The van der Waals surface area contributed by atoms with Gasteiger partial charge in [-0.1, -0.05) is 38.1 Å². The van der Waals surface area contributed by atoms with Gasteiger partial charge in [0.15, 0.2) is 0 Å². The van der Waals surface area contributed by atoms with Gasteiger partial charge in [-0.05, 0) is 42.7 Å². The second kappa shape index (κ2) is 8.29. The molecular weight excluding hydrogens is 340 g/mol. The van der Waals surface area contributed by atoms with Crippen LogP contribution in [-0.4, -0.2) is 42.7 Å². The van der Waals surface area contributed by atoms with Crippen LogP contribution in [0.1, 0.15) is 43.7 Å². The van der Waals surface area contributed by atoms with E-state index in [2.05, 4.69) is 19.1 Å². The zero-order valence-corrected chi connectivity index (χ0v) is 15.9. The zero-order chi connectivity index (χ0) is 18.6. The minimum atomic E-state index is -3.54. The monoisotopic (exact) mass is 368 g/mol. The first kappa shape index (κ1) is 19.9. The van der Waals surface area contributed by atoms with Gasteiger partial charge in [-0.15, -0.1) is 0 Å². The highest BCUT2D eigenvalue weighted by molar-refractivity contribution is 7.89. The molecule has 0 unspecified atom stereocenters. The lowest BCUT2D eigenvalue weighted by Crippen LogP contribution is -2.44. The standard InChI is InChI=1S/C18H28N2O4S/c1-13(2)17(18(21)19-22)12-25(23,24)20-10-8-15(9-11-20)16-7-5-4-6-14(16)3/h4-7,13,15,17,22H,8-12H2,1-3H3,(H,19,21)/t17-/m1/s1. The lowest BCUT2D eigenvalue weighted by atomic mass is 9.87. The van der Waals surface area contributed by atoms with Gasteiger partial charge in [-0.25, -0.2) is 18.2 Å². The Kier molecular flexibility index (Phi) is 6.59. The summed E-state index contributed by atoms with van der Waals surface area (Å²) in [6, 6.07) is 8.23. The summed E-state index contributed by atoms with van der Waals surface area (Å²) in [7, 11) is -3.54. The predicted octanol–water partition coefficient (Wildman–Crippen LogP) is 2.28. The van der Waals surface area contributed by atoms with Crippen LogP contribution < -0.4 is 5.48 Å². The van der Waals surface area contributed by atoms with E-state index in [1.807, 2.05) is 12.1 Å². The van der Waals surface area contributed by atoms with Crippen LogP contribution in [0.25, 0.3) is 0 Å². The quantitative estimate of drug-likeness (QED) is 0.596. The molecule has 0 aromatic heterocycles. The minimum absolute atomic E-state index is 0.175. The normalized spacial score (nSPS) is 18.3. The van der Waals surface area contributed by atoms with E-state index < -0.39 is 21.8 Å². The lowest BCUT2D eigenvalue weighted by molar-refractivity contribution is -0.134.